The molecule has 0 bridgehead atoms. The first kappa shape index (κ1) is 17.6. The fourth-order valence-corrected chi connectivity index (χ4v) is 2.63. The molecule has 0 unspecified atom stereocenters. The quantitative estimate of drug-likeness (QED) is 0.729. The Kier molecular flexibility index (Phi) is 6.80. The van der Waals surface area contributed by atoms with Crippen molar-refractivity contribution in [3.63, 3.8) is 0 Å². The van der Waals surface area contributed by atoms with Gasteiger partial charge in [0.05, 0.1) is 4.90 Å². The van der Waals surface area contributed by atoms with Crippen LogP contribution in [0, 0.1) is 0 Å². The molecule has 6 nitrogen and oxygen atoms in total. The van der Waals surface area contributed by atoms with Crippen molar-refractivity contribution in [2.75, 3.05) is 34.4 Å². The first-order valence-electron chi connectivity index (χ1n) is 6.69. The third kappa shape index (κ3) is 5.11. The zero-order chi connectivity index (χ0) is 15.9. The number of hydrogen-bond donors (Lipinski definition) is 1. The van der Waals surface area contributed by atoms with Crippen LogP contribution < -0.4 is 5.32 Å². The third-order valence-electron chi connectivity index (χ3n) is 2.94. The van der Waals surface area contributed by atoms with Gasteiger partial charge in [-0.3, -0.25) is 4.79 Å². The van der Waals surface area contributed by atoms with Crippen LogP contribution in [0.4, 0.5) is 0 Å². The molecule has 21 heavy (non-hydrogen) atoms. The summed E-state index contributed by atoms with van der Waals surface area (Å²) < 4.78 is 30.1. The summed E-state index contributed by atoms with van der Waals surface area (Å²) in [5, 5.41) is 2.76. The number of amides is 1. The normalized spacial score (nSPS) is 11.6. The van der Waals surface area contributed by atoms with Crippen LogP contribution in [0.15, 0.2) is 29.2 Å². The number of methoxy groups -OCH3 is 1. The van der Waals surface area contributed by atoms with Crippen LogP contribution in [0.1, 0.15) is 23.2 Å². The first-order valence-corrected chi connectivity index (χ1v) is 8.13. The molecule has 0 aliphatic carbocycles. The average Bonchev–Trinajstić information content (AvgIpc) is 2.46. The number of nitrogens with zero attached hydrogens (tertiary/aromatic N) is 1. The monoisotopic (exact) mass is 314 g/mol. The van der Waals surface area contributed by atoms with Gasteiger partial charge in [-0.15, -0.1) is 0 Å². The Bertz CT molecular complexity index is 570. The highest BCUT2D eigenvalue weighted by Crippen LogP contribution is 2.14. The SMILES string of the molecule is COCCCCNC(=O)c1cccc(S(=O)(=O)N(C)C)c1. The van der Waals surface area contributed by atoms with E-state index in [-0.39, 0.29) is 10.8 Å². The number of carbonyl (C=O) groups is 1. The Hall–Kier alpha value is -1.44. The number of ether oxygens (including phenoxy) is 1. The molecule has 0 atom stereocenters. The Balaban J connectivity index is 2.70. The molecule has 0 aliphatic heterocycles. The molecule has 1 rings (SSSR count). The molecule has 0 saturated carbocycles. The molecule has 118 valence electrons. The fraction of sp³-hybridized carbons (Fsp3) is 0.500. The fourth-order valence-electron chi connectivity index (χ4n) is 1.68. The second kappa shape index (κ2) is 8.11. The smallest absolute Gasteiger partial charge is 0.251 e. The van der Waals surface area contributed by atoms with Crippen molar-refractivity contribution >= 4 is 15.9 Å². The highest BCUT2D eigenvalue weighted by molar-refractivity contribution is 7.89. The summed E-state index contributed by atoms with van der Waals surface area (Å²) in [5.74, 6) is -0.275. The van der Waals surface area contributed by atoms with Gasteiger partial charge in [-0.2, -0.15) is 0 Å². The second-order valence-corrected chi connectivity index (χ2v) is 6.92. The summed E-state index contributed by atoms with van der Waals surface area (Å²) in [6.07, 6.45) is 1.68. The lowest BCUT2D eigenvalue weighted by molar-refractivity contribution is 0.0951. The van der Waals surface area contributed by atoms with Gasteiger partial charge in [-0.05, 0) is 31.0 Å². The molecule has 1 aromatic carbocycles. The summed E-state index contributed by atoms with van der Waals surface area (Å²) in [7, 11) is 1.02. The van der Waals surface area contributed by atoms with Gasteiger partial charge in [-0.25, -0.2) is 12.7 Å². The number of sulfonamides is 1. The van der Waals surface area contributed by atoms with Crippen LogP contribution in [0.25, 0.3) is 0 Å². The van der Waals surface area contributed by atoms with E-state index >= 15 is 0 Å². The van der Waals surface area contributed by atoms with E-state index in [1.807, 2.05) is 0 Å². The van der Waals surface area contributed by atoms with Gasteiger partial charge in [0, 0.05) is 39.9 Å². The largest absolute Gasteiger partial charge is 0.385 e. The van der Waals surface area contributed by atoms with Crippen molar-refractivity contribution in [1.82, 2.24) is 9.62 Å². The molecular formula is C14H22N2O4S. The molecule has 1 amide bonds. The minimum atomic E-state index is -3.53. The van der Waals surface area contributed by atoms with Crippen molar-refractivity contribution < 1.29 is 17.9 Å². The van der Waals surface area contributed by atoms with Gasteiger partial charge in [0.15, 0.2) is 0 Å². The van der Waals surface area contributed by atoms with Crippen LogP contribution in [0.5, 0.6) is 0 Å². The number of benzene rings is 1. The maximum absolute atomic E-state index is 12.0. The number of rotatable bonds is 8. The Morgan fingerprint density at radius 3 is 2.62 bits per heavy atom. The highest BCUT2D eigenvalue weighted by Gasteiger charge is 2.18. The average molecular weight is 314 g/mol. The summed E-state index contributed by atoms with van der Waals surface area (Å²) in [6.45, 7) is 1.19. The van der Waals surface area contributed by atoms with Crippen molar-refractivity contribution in [3.8, 4) is 0 Å². The summed E-state index contributed by atoms with van der Waals surface area (Å²) in [6, 6.07) is 6.03. The molecule has 1 N–H and O–H groups in total. The molecular weight excluding hydrogens is 292 g/mol. The third-order valence-corrected chi connectivity index (χ3v) is 4.75. The molecule has 0 aromatic heterocycles. The van der Waals surface area contributed by atoms with Crippen molar-refractivity contribution in [2.45, 2.75) is 17.7 Å². The van der Waals surface area contributed by atoms with Crippen LogP contribution in [-0.2, 0) is 14.8 Å². The summed E-state index contributed by atoms with van der Waals surface area (Å²) in [4.78, 5) is 12.1. The van der Waals surface area contributed by atoms with Gasteiger partial charge in [-0.1, -0.05) is 6.07 Å². The summed E-state index contributed by atoms with van der Waals surface area (Å²) >= 11 is 0. The Morgan fingerprint density at radius 2 is 2.00 bits per heavy atom. The molecule has 7 heteroatoms. The van der Waals surface area contributed by atoms with Gasteiger partial charge < -0.3 is 10.1 Å². The summed E-state index contributed by atoms with van der Waals surface area (Å²) in [5.41, 5.74) is 0.338. The molecule has 0 radical (unpaired) electrons. The second-order valence-electron chi connectivity index (χ2n) is 4.77. The van der Waals surface area contributed by atoms with Crippen LogP contribution in [0.2, 0.25) is 0 Å². The van der Waals surface area contributed by atoms with E-state index in [1.54, 1.807) is 19.2 Å². The molecule has 0 saturated heterocycles. The lowest BCUT2D eigenvalue weighted by atomic mass is 10.2. The standard InChI is InChI=1S/C14H22N2O4S/c1-16(2)21(18,19)13-8-6-7-12(11-13)14(17)15-9-4-5-10-20-3/h6-8,11H,4-5,9-10H2,1-3H3,(H,15,17). The Morgan fingerprint density at radius 1 is 1.29 bits per heavy atom. The van der Waals surface area contributed by atoms with Gasteiger partial charge in [0.25, 0.3) is 5.91 Å². The minimum absolute atomic E-state index is 0.111. The van der Waals surface area contributed by atoms with E-state index in [1.165, 1.54) is 26.2 Å². The van der Waals surface area contributed by atoms with Crippen molar-refractivity contribution in [2.24, 2.45) is 0 Å². The van der Waals surface area contributed by atoms with E-state index in [9.17, 15) is 13.2 Å². The maximum Gasteiger partial charge on any atom is 0.251 e. The first-order chi connectivity index (χ1) is 9.89. The lowest BCUT2D eigenvalue weighted by Crippen LogP contribution is -2.26. The predicted octanol–water partition coefficient (Wildman–Crippen LogP) is 1.09. The van der Waals surface area contributed by atoms with Crippen LogP contribution >= 0.6 is 0 Å². The van der Waals surface area contributed by atoms with Gasteiger partial charge >= 0.3 is 0 Å². The van der Waals surface area contributed by atoms with Crippen LogP contribution in [0.3, 0.4) is 0 Å². The van der Waals surface area contributed by atoms with Gasteiger partial charge in [0.2, 0.25) is 10.0 Å². The maximum atomic E-state index is 12.0. The number of carbonyl (C=O) groups excluding carboxylic acids is 1. The van der Waals surface area contributed by atoms with Crippen molar-refractivity contribution in [1.29, 1.82) is 0 Å². The molecule has 1 aromatic rings. The number of unbranched alkanes of at least 4 members (excludes halogenated alkanes) is 1. The van der Waals surface area contributed by atoms with E-state index in [4.69, 9.17) is 4.74 Å². The topological polar surface area (TPSA) is 75.7 Å². The van der Waals surface area contributed by atoms with E-state index in [0.29, 0.717) is 18.7 Å². The molecule has 0 aliphatic rings. The zero-order valence-corrected chi connectivity index (χ0v) is 13.4. The number of hydrogen-bond acceptors (Lipinski definition) is 4. The molecule has 0 fully saturated rings. The zero-order valence-electron chi connectivity index (χ0n) is 12.6. The van der Waals surface area contributed by atoms with E-state index in [0.717, 1.165) is 17.1 Å². The van der Waals surface area contributed by atoms with Crippen LogP contribution in [-0.4, -0.2) is 53.0 Å². The van der Waals surface area contributed by atoms with E-state index in [2.05, 4.69) is 5.32 Å². The number of nitrogens with one attached hydrogen (secondary N) is 1. The van der Waals surface area contributed by atoms with E-state index < -0.39 is 10.0 Å². The lowest BCUT2D eigenvalue weighted by Gasteiger charge is -2.12. The highest BCUT2D eigenvalue weighted by atomic mass is 32.2. The Labute approximate surface area is 126 Å². The van der Waals surface area contributed by atoms with Gasteiger partial charge in [0.1, 0.15) is 0 Å². The molecule has 0 heterocycles. The minimum Gasteiger partial charge on any atom is -0.385 e. The predicted molar refractivity (Wildman–Crippen MR) is 80.8 cm³/mol. The molecule has 0 spiro atoms. The van der Waals surface area contributed by atoms with Crippen molar-refractivity contribution in [3.05, 3.63) is 29.8 Å².